The normalized spacial score (nSPS) is 22.4. The average Bonchev–Trinajstić information content (AvgIpc) is 3.25. The molecule has 0 atom stereocenters. The lowest BCUT2D eigenvalue weighted by molar-refractivity contribution is 0.207. The van der Waals surface area contributed by atoms with Crippen LogP contribution in [0.2, 0.25) is 0 Å². The summed E-state index contributed by atoms with van der Waals surface area (Å²) in [7, 11) is 0. The predicted molar refractivity (Wildman–Crippen MR) is 81.3 cm³/mol. The molecule has 1 N–H and O–H groups in total. The molecule has 2 saturated carbocycles. The van der Waals surface area contributed by atoms with E-state index < -0.39 is 0 Å². The molecule has 2 aliphatic rings. The molecule has 0 bridgehead atoms. The largest absolute Gasteiger partial charge is 0.312 e. The Morgan fingerprint density at radius 3 is 2.37 bits per heavy atom. The van der Waals surface area contributed by atoms with Crippen LogP contribution in [0.5, 0.6) is 0 Å². The van der Waals surface area contributed by atoms with Crippen LogP contribution < -0.4 is 5.32 Å². The van der Waals surface area contributed by atoms with Crippen LogP contribution in [0.15, 0.2) is 24.3 Å². The topological polar surface area (TPSA) is 12.0 Å². The second-order valence-corrected chi connectivity index (χ2v) is 6.99. The fraction of sp³-hybridized carbons (Fsp3) is 0.667. The summed E-state index contributed by atoms with van der Waals surface area (Å²) in [5.41, 5.74) is 3.53. The van der Waals surface area contributed by atoms with Crippen LogP contribution in [0.25, 0.3) is 0 Å². The third kappa shape index (κ3) is 3.60. The van der Waals surface area contributed by atoms with Gasteiger partial charge in [0.25, 0.3) is 0 Å². The van der Waals surface area contributed by atoms with Crippen molar-refractivity contribution in [1.29, 1.82) is 0 Å². The quantitative estimate of drug-likeness (QED) is 0.811. The van der Waals surface area contributed by atoms with Gasteiger partial charge in [-0.1, -0.05) is 50.5 Å². The second kappa shape index (κ2) is 5.66. The number of nitrogens with one attached hydrogen (secondary N) is 1. The number of hydrogen-bond acceptors (Lipinski definition) is 1. The summed E-state index contributed by atoms with van der Waals surface area (Å²) in [5, 5.41) is 3.68. The fourth-order valence-electron chi connectivity index (χ4n) is 3.42. The van der Waals surface area contributed by atoms with E-state index in [1.165, 1.54) is 57.1 Å². The zero-order chi connectivity index (χ0) is 13.1. The molecule has 0 spiro atoms. The Labute approximate surface area is 117 Å². The maximum absolute atomic E-state index is 3.68. The molecule has 0 heterocycles. The molecule has 0 aliphatic heterocycles. The minimum absolute atomic E-state index is 0.548. The van der Waals surface area contributed by atoms with Crippen LogP contribution in [0.4, 0.5) is 0 Å². The van der Waals surface area contributed by atoms with Gasteiger partial charge in [-0.3, -0.25) is 0 Å². The molecule has 0 unspecified atom stereocenters. The van der Waals surface area contributed by atoms with Crippen molar-refractivity contribution in [1.82, 2.24) is 5.32 Å². The van der Waals surface area contributed by atoms with Crippen LogP contribution >= 0.6 is 0 Å². The Morgan fingerprint density at radius 1 is 1.05 bits per heavy atom. The van der Waals surface area contributed by atoms with Crippen LogP contribution in [0.1, 0.15) is 68.9 Å². The first kappa shape index (κ1) is 13.2. The SMILES string of the molecule is CC1(CNCc2ccc(C3CC3)cc2)CCCCC1. The van der Waals surface area contributed by atoms with Crippen molar-refractivity contribution in [3.8, 4) is 0 Å². The van der Waals surface area contributed by atoms with Crippen molar-refractivity contribution in [2.45, 2.75) is 64.3 Å². The standard InChI is InChI=1S/C18H27N/c1-18(11-3-2-4-12-18)14-19-13-15-5-7-16(8-6-15)17-9-10-17/h5-8,17,19H,2-4,9-14H2,1H3. The van der Waals surface area contributed by atoms with Gasteiger partial charge in [-0.25, -0.2) is 0 Å². The smallest absolute Gasteiger partial charge is 0.0205 e. The van der Waals surface area contributed by atoms with Crippen molar-refractivity contribution < 1.29 is 0 Å². The minimum atomic E-state index is 0.548. The molecule has 19 heavy (non-hydrogen) atoms. The van der Waals surface area contributed by atoms with E-state index in [4.69, 9.17) is 0 Å². The van der Waals surface area contributed by atoms with Crippen molar-refractivity contribution in [2.75, 3.05) is 6.54 Å². The van der Waals surface area contributed by atoms with Crippen LogP contribution in [0.3, 0.4) is 0 Å². The van der Waals surface area contributed by atoms with Crippen molar-refractivity contribution in [3.63, 3.8) is 0 Å². The highest BCUT2D eigenvalue weighted by Crippen LogP contribution is 2.40. The molecule has 1 aromatic rings. The van der Waals surface area contributed by atoms with Gasteiger partial charge in [0, 0.05) is 13.1 Å². The lowest BCUT2D eigenvalue weighted by atomic mass is 9.76. The zero-order valence-electron chi connectivity index (χ0n) is 12.3. The van der Waals surface area contributed by atoms with Gasteiger partial charge >= 0.3 is 0 Å². The molecule has 1 heteroatoms. The highest BCUT2D eigenvalue weighted by atomic mass is 14.9. The van der Waals surface area contributed by atoms with Gasteiger partial charge < -0.3 is 5.32 Å². The summed E-state index contributed by atoms with van der Waals surface area (Å²) >= 11 is 0. The van der Waals surface area contributed by atoms with Gasteiger partial charge in [-0.15, -0.1) is 0 Å². The number of benzene rings is 1. The van der Waals surface area contributed by atoms with E-state index in [-0.39, 0.29) is 0 Å². The van der Waals surface area contributed by atoms with Gasteiger partial charge in [0.2, 0.25) is 0 Å². The Morgan fingerprint density at radius 2 is 1.74 bits per heavy atom. The van der Waals surface area contributed by atoms with Crippen molar-refractivity contribution in [3.05, 3.63) is 35.4 Å². The predicted octanol–water partition coefficient (Wildman–Crippen LogP) is 4.62. The summed E-state index contributed by atoms with van der Waals surface area (Å²) in [6.45, 7) is 4.66. The van der Waals surface area contributed by atoms with Crippen LogP contribution in [-0.2, 0) is 6.54 Å². The minimum Gasteiger partial charge on any atom is -0.312 e. The van der Waals surface area contributed by atoms with E-state index in [1.54, 1.807) is 5.56 Å². The monoisotopic (exact) mass is 257 g/mol. The Kier molecular flexibility index (Phi) is 3.93. The highest BCUT2D eigenvalue weighted by Gasteiger charge is 2.26. The first-order valence-electron chi connectivity index (χ1n) is 8.05. The number of hydrogen-bond donors (Lipinski definition) is 1. The maximum atomic E-state index is 3.68. The fourth-order valence-corrected chi connectivity index (χ4v) is 3.42. The molecule has 0 aromatic heterocycles. The third-order valence-electron chi connectivity index (χ3n) is 4.97. The number of rotatable bonds is 5. The Hall–Kier alpha value is -0.820. The molecule has 1 nitrogen and oxygen atoms in total. The van der Waals surface area contributed by atoms with E-state index >= 15 is 0 Å². The lowest BCUT2D eigenvalue weighted by Crippen LogP contribution is -2.33. The molecule has 0 radical (unpaired) electrons. The molecule has 2 fully saturated rings. The van der Waals surface area contributed by atoms with Gasteiger partial charge in [0.15, 0.2) is 0 Å². The van der Waals surface area contributed by atoms with Crippen LogP contribution in [-0.4, -0.2) is 6.54 Å². The molecule has 0 amide bonds. The van der Waals surface area contributed by atoms with Crippen molar-refractivity contribution >= 4 is 0 Å². The second-order valence-electron chi connectivity index (χ2n) is 6.99. The summed E-state index contributed by atoms with van der Waals surface area (Å²) < 4.78 is 0. The summed E-state index contributed by atoms with van der Waals surface area (Å²) in [4.78, 5) is 0. The summed E-state index contributed by atoms with van der Waals surface area (Å²) in [6.07, 6.45) is 9.90. The van der Waals surface area contributed by atoms with Crippen molar-refractivity contribution in [2.24, 2.45) is 5.41 Å². The highest BCUT2D eigenvalue weighted by molar-refractivity contribution is 5.27. The van der Waals surface area contributed by atoms with E-state index in [0.717, 1.165) is 12.5 Å². The zero-order valence-corrected chi connectivity index (χ0v) is 12.3. The molecule has 2 aliphatic carbocycles. The Balaban J connectivity index is 1.46. The van der Waals surface area contributed by atoms with E-state index in [0.29, 0.717) is 5.41 Å². The molecule has 3 rings (SSSR count). The molecule has 104 valence electrons. The lowest BCUT2D eigenvalue weighted by Gasteiger charge is -2.33. The molecular weight excluding hydrogens is 230 g/mol. The van der Waals surface area contributed by atoms with Gasteiger partial charge in [-0.05, 0) is 48.1 Å². The Bertz CT molecular complexity index is 396. The molecule has 1 aromatic carbocycles. The molecular formula is C18H27N. The first-order valence-corrected chi connectivity index (χ1v) is 8.05. The van der Waals surface area contributed by atoms with Crippen LogP contribution in [0, 0.1) is 5.41 Å². The van der Waals surface area contributed by atoms with E-state index in [2.05, 4.69) is 36.5 Å². The van der Waals surface area contributed by atoms with E-state index in [9.17, 15) is 0 Å². The average molecular weight is 257 g/mol. The van der Waals surface area contributed by atoms with Gasteiger partial charge in [-0.2, -0.15) is 0 Å². The summed E-state index contributed by atoms with van der Waals surface area (Å²) in [6, 6.07) is 9.28. The first-order chi connectivity index (χ1) is 9.25. The van der Waals surface area contributed by atoms with E-state index in [1.807, 2.05) is 0 Å². The summed E-state index contributed by atoms with van der Waals surface area (Å²) in [5.74, 6) is 0.878. The van der Waals surface area contributed by atoms with Gasteiger partial charge in [0.05, 0.1) is 0 Å². The third-order valence-corrected chi connectivity index (χ3v) is 4.97. The maximum Gasteiger partial charge on any atom is 0.0205 e. The molecule has 0 saturated heterocycles. The van der Waals surface area contributed by atoms with Gasteiger partial charge in [0.1, 0.15) is 0 Å².